The molecule has 0 spiro atoms. The maximum Gasteiger partial charge on any atom is 0.108 e. The van der Waals surface area contributed by atoms with Gasteiger partial charge in [-0.25, -0.2) is 0 Å². The molecule has 12 heavy (non-hydrogen) atoms. The van der Waals surface area contributed by atoms with Crippen molar-refractivity contribution in [2.24, 2.45) is 5.18 Å². The molecule has 0 radical (unpaired) electrons. The van der Waals surface area contributed by atoms with Gasteiger partial charge in [-0.05, 0) is 29.3 Å². The van der Waals surface area contributed by atoms with Gasteiger partial charge >= 0.3 is 0 Å². The smallest absolute Gasteiger partial charge is 0.108 e. The lowest BCUT2D eigenvalue weighted by Gasteiger charge is -1.92. The first-order chi connectivity index (χ1) is 5.86. The molecule has 0 aliphatic rings. The van der Waals surface area contributed by atoms with Crippen LogP contribution in [0, 0.1) is 4.91 Å². The molecule has 0 unspecified atom stereocenters. The van der Waals surface area contributed by atoms with E-state index in [1.165, 1.54) is 5.56 Å². The highest BCUT2D eigenvalue weighted by Gasteiger charge is 1.89. The third kappa shape index (κ3) is 3.28. The molecule has 0 aliphatic heterocycles. The first-order valence-corrected chi connectivity index (χ1v) is 4.29. The Bertz CT molecular complexity index is 216. The number of rotatable bonds is 2. The van der Waals surface area contributed by atoms with Crippen molar-refractivity contribution in [2.75, 3.05) is 0 Å². The van der Waals surface area contributed by atoms with Crippen molar-refractivity contribution in [2.45, 2.75) is 27.2 Å². The number of hydrogen-bond donors (Lipinski definition) is 0. The van der Waals surface area contributed by atoms with Crippen LogP contribution in [-0.2, 0) is 6.42 Å². The Kier molecular flexibility index (Phi) is 5.88. The molecule has 1 rings (SSSR count). The van der Waals surface area contributed by atoms with Gasteiger partial charge in [-0.15, -0.1) is 4.91 Å². The third-order valence-corrected chi connectivity index (χ3v) is 1.45. The van der Waals surface area contributed by atoms with Crippen LogP contribution in [0.4, 0.5) is 5.69 Å². The van der Waals surface area contributed by atoms with E-state index in [0.717, 1.165) is 6.42 Å². The molecule has 1 aromatic carbocycles. The number of aryl methyl sites for hydroxylation is 1. The van der Waals surface area contributed by atoms with Crippen molar-refractivity contribution in [3.63, 3.8) is 0 Å². The van der Waals surface area contributed by atoms with Crippen molar-refractivity contribution in [3.05, 3.63) is 34.7 Å². The van der Waals surface area contributed by atoms with Gasteiger partial charge in [0.1, 0.15) is 5.69 Å². The Labute approximate surface area is 73.6 Å². The number of benzene rings is 1. The summed E-state index contributed by atoms with van der Waals surface area (Å²) in [5.41, 5.74) is 1.73. The van der Waals surface area contributed by atoms with Gasteiger partial charge in [-0.3, -0.25) is 0 Å². The molecular formula is C10H15NO. The van der Waals surface area contributed by atoms with Gasteiger partial charge in [0.2, 0.25) is 0 Å². The molecule has 0 amide bonds. The van der Waals surface area contributed by atoms with E-state index in [1.54, 1.807) is 12.1 Å². The van der Waals surface area contributed by atoms with Crippen LogP contribution in [0.5, 0.6) is 0 Å². The number of nitroso groups, excluding NO2 is 1. The van der Waals surface area contributed by atoms with Gasteiger partial charge in [0.25, 0.3) is 0 Å². The predicted molar refractivity (Wildman–Crippen MR) is 52.6 cm³/mol. The topological polar surface area (TPSA) is 29.4 Å². The summed E-state index contributed by atoms with van der Waals surface area (Å²) in [5, 5.41) is 2.80. The minimum Gasteiger partial charge on any atom is -0.145 e. The van der Waals surface area contributed by atoms with E-state index in [-0.39, 0.29) is 0 Å². The molecule has 2 nitrogen and oxygen atoms in total. The van der Waals surface area contributed by atoms with Crippen LogP contribution in [0.25, 0.3) is 0 Å². The Hall–Kier alpha value is -1.18. The van der Waals surface area contributed by atoms with Crippen molar-refractivity contribution in [1.82, 2.24) is 0 Å². The van der Waals surface area contributed by atoms with Crippen molar-refractivity contribution in [3.8, 4) is 0 Å². The van der Waals surface area contributed by atoms with Crippen molar-refractivity contribution >= 4 is 5.69 Å². The molecule has 2 heteroatoms. The standard InChI is InChI=1S/C8H9NO.C2H6/c1-2-7-3-5-8(9-10)6-4-7;1-2/h3-6H,2H2,1H3;1-2H3. The molecule has 0 atom stereocenters. The molecule has 0 saturated heterocycles. The van der Waals surface area contributed by atoms with E-state index in [4.69, 9.17) is 0 Å². The van der Waals surface area contributed by atoms with Crippen LogP contribution in [0.3, 0.4) is 0 Å². The minimum absolute atomic E-state index is 0.497. The van der Waals surface area contributed by atoms with E-state index < -0.39 is 0 Å². The van der Waals surface area contributed by atoms with Crippen LogP contribution in [0.15, 0.2) is 29.4 Å². The average Bonchev–Trinajstić information content (AvgIpc) is 2.21. The zero-order valence-electron chi connectivity index (χ0n) is 7.87. The summed E-state index contributed by atoms with van der Waals surface area (Å²) >= 11 is 0. The second-order valence-electron chi connectivity index (χ2n) is 2.11. The molecule has 0 aliphatic carbocycles. The Morgan fingerprint density at radius 2 is 1.67 bits per heavy atom. The summed E-state index contributed by atoms with van der Waals surface area (Å²) in [6.45, 7) is 6.07. The summed E-state index contributed by atoms with van der Waals surface area (Å²) in [5.74, 6) is 0. The van der Waals surface area contributed by atoms with E-state index >= 15 is 0 Å². The summed E-state index contributed by atoms with van der Waals surface area (Å²) in [7, 11) is 0. The fraction of sp³-hybridized carbons (Fsp3) is 0.400. The van der Waals surface area contributed by atoms with Gasteiger partial charge in [0.15, 0.2) is 0 Å². The van der Waals surface area contributed by atoms with Crippen LogP contribution >= 0.6 is 0 Å². The quantitative estimate of drug-likeness (QED) is 0.615. The van der Waals surface area contributed by atoms with Crippen LogP contribution in [0.2, 0.25) is 0 Å². The molecule has 0 bridgehead atoms. The molecule has 0 aromatic heterocycles. The summed E-state index contributed by atoms with van der Waals surface area (Å²) < 4.78 is 0. The summed E-state index contributed by atoms with van der Waals surface area (Å²) in [6, 6.07) is 7.28. The lowest BCUT2D eigenvalue weighted by molar-refractivity contribution is 1.14. The van der Waals surface area contributed by atoms with E-state index in [1.807, 2.05) is 26.0 Å². The van der Waals surface area contributed by atoms with Gasteiger partial charge in [-0.2, -0.15) is 0 Å². The van der Waals surface area contributed by atoms with Crippen LogP contribution in [-0.4, -0.2) is 0 Å². The molecular weight excluding hydrogens is 150 g/mol. The normalized spacial score (nSPS) is 8.25. The van der Waals surface area contributed by atoms with Gasteiger partial charge in [0, 0.05) is 0 Å². The van der Waals surface area contributed by atoms with Crippen LogP contribution < -0.4 is 0 Å². The molecule has 0 saturated carbocycles. The lowest BCUT2D eigenvalue weighted by atomic mass is 10.2. The molecule has 1 aromatic rings. The third-order valence-electron chi connectivity index (χ3n) is 1.45. The summed E-state index contributed by atoms with van der Waals surface area (Å²) in [4.78, 5) is 9.96. The zero-order chi connectivity index (χ0) is 9.40. The summed E-state index contributed by atoms with van der Waals surface area (Å²) in [6.07, 6.45) is 0.999. The number of hydrogen-bond acceptors (Lipinski definition) is 2. The SMILES string of the molecule is CC.CCc1ccc(N=O)cc1. The fourth-order valence-corrected chi connectivity index (χ4v) is 0.793. The second kappa shape index (κ2) is 6.53. The molecule has 0 N–H and O–H groups in total. The van der Waals surface area contributed by atoms with Gasteiger partial charge < -0.3 is 0 Å². The average molecular weight is 165 g/mol. The maximum absolute atomic E-state index is 9.96. The Morgan fingerprint density at radius 1 is 1.17 bits per heavy atom. The van der Waals surface area contributed by atoms with Crippen LogP contribution in [0.1, 0.15) is 26.3 Å². The second-order valence-corrected chi connectivity index (χ2v) is 2.11. The highest BCUT2D eigenvalue weighted by molar-refractivity contribution is 5.38. The monoisotopic (exact) mass is 165 g/mol. The van der Waals surface area contributed by atoms with Gasteiger partial charge in [0.05, 0.1) is 0 Å². The van der Waals surface area contributed by atoms with E-state index in [2.05, 4.69) is 12.1 Å². The van der Waals surface area contributed by atoms with E-state index in [0.29, 0.717) is 5.69 Å². The van der Waals surface area contributed by atoms with Gasteiger partial charge in [-0.1, -0.05) is 32.9 Å². The lowest BCUT2D eigenvalue weighted by Crippen LogP contribution is -1.75. The van der Waals surface area contributed by atoms with E-state index in [9.17, 15) is 4.91 Å². The first-order valence-electron chi connectivity index (χ1n) is 4.29. The maximum atomic E-state index is 9.96. The molecule has 0 heterocycles. The molecule has 66 valence electrons. The van der Waals surface area contributed by atoms with Crippen molar-refractivity contribution in [1.29, 1.82) is 0 Å². The zero-order valence-corrected chi connectivity index (χ0v) is 7.87. The largest absolute Gasteiger partial charge is 0.145 e. The minimum atomic E-state index is 0.497. The first kappa shape index (κ1) is 10.8. The highest BCUT2D eigenvalue weighted by Crippen LogP contribution is 2.11. The number of nitrogens with zero attached hydrogens (tertiary/aromatic N) is 1. The Balaban J connectivity index is 0.000000561. The fourth-order valence-electron chi connectivity index (χ4n) is 0.793. The molecule has 0 fully saturated rings. The highest BCUT2D eigenvalue weighted by atomic mass is 16.3. The van der Waals surface area contributed by atoms with Crippen molar-refractivity contribution < 1.29 is 0 Å². The predicted octanol–water partition coefficient (Wildman–Crippen LogP) is 3.67. The Morgan fingerprint density at radius 3 is 2.00 bits per heavy atom.